The quantitative estimate of drug-likeness (QED) is 0.813. The van der Waals surface area contributed by atoms with E-state index in [2.05, 4.69) is 12.2 Å². The fourth-order valence-electron chi connectivity index (χ4n) is 1.90. The van der Waals surface area contributed by atoms with Crippen LogP contribution in [0.3, 0.4) is 0 Å². The largest absolute Gasteiger partial charge is 0.457 e. The maximum Gasteiger partial charge on any atom is 0.127 e. The van der Waals surface area contributed by atoms with E-state index in [9.17, 15) is 0 Å². The van der Waals surface area contributed by atoms with E-state index in [4.69, 9.17) is 9.47 Å². The van der Waals surface area contributed by atoms with Crippen LogP contribution in [0, 0.1) is 0 Å². The highest BCUT2D eigenvalue weighted by atomic mass is 16.5. The van der Waals surface area contributed by atoms with E-state index in [0.717, 1.165) is 30.2 Å². The molecule has 0 saturated carbocycles. The van der Waals surface area contributed by atoms with Gasteiger partial charge in [0.2, 0.25) is 0 Å². The van der Waals surface area contributed by atoms with Crippen molar-refractivity contribution in [3.8, 4) is 11.5 Å². The van der Waals surface area contributed by atoms with Gasteiger partial charge in [0.15, 0.2) is 0 Å². The first-order valence-corrected chi connectivity index (χ1v) is 6.86. The van der Waals surface area contributed by atoms with Gasteiger partial charge in [0, 0.05) is 25.4 Å². The molecule has 0 radical (unpaired) electrons. The second-order valence-electron chi connectivity index (χ2n) is 4.77. The van der Waals surface area contributed by atoms with Gasteiger partial charge < -0.3 is 14.8 Å². The van der Waals surface area contributed by atoms with E-state index >= 15 is 0 Å². The predicted molar refractivity (Wildman–Crippen MR) is 82.5 cm³/mol. The zero-order chi connectivity index (χ0) is 14.2. The SMILES string of the molecule is COCCC(C)Nc1ccc(Oc2ccccc2)cc1. The maximum atomic E-state index is 5.76. The van der Waals surface area contributed by atoms with Crippen molar-refractivity contribution in [1.29, 1.82) is 0 Å². The van der Waals surface area contributed by atoms with Gasteiger partial charge in [0.05, 0.1) is 0 Å². The van der Waals surface area contributed by atoms with Crippen LogP contribution in [-0.2, 0) is 4.74 Å². The molecule has 0 spiro atoms. The van der Waals surface area contributed by atoms with Crippen LogP contribution in [-0.4, -0.2) is 19.8 Å². The molecule has 1 unspecified atom stereocenters. The van der Waals surface area contributed by atoms with Gasteiger partial charge in [-0.1, -0.05) is 18.2 Å². The number of anilines is 1. The van der Waals surface area contributed by atoms with Crippen molar-refractivity contribution in [3.05, 3.63) is 54.6 Å². The van der Waals surface area contributed by atoms with E-state index in [0.29, 0.717) is 6.04 Å². The van der Waals surface area contributed by atoms with Gasteiger partial charge in [0.1, 0.15) is 11.5 Å². The summed E-state index contributed by atoms with van der Waals surface area (Å²) in [6.07, 6.45) is 0.985. The fourth-order valence-corrected chi connectivity index (χ4v) is 1.90. The minimum atomic E-state index is 0.385. The summed E-state index contributed by atoms with van der Waals surface area (Å²) in [5.74, 6) is 1.69. The molecule has 2 aromatic rings. The average molecular weight is 271 g/mol. The molecule has 0 aliphatic carbocycles. The van der Waals surface area contributed by atoms with Crippen molar-refractivity contribution < 1.29 is 9.47 Å². The lowest BCUT2D eigenvalue weighted by molar-refractivity contribution is 0.191. The predicted octanol–water partition coefficient (Wildman–Crippen LogP) is 4.32. The second kappa shape index (κ2) is 7.56. The fraction of sp³-hybridized carbons (Fsp3) is 0.294. The third kappa shape index (κ3) is 4.59. The molecule has 1 atom stereocenters. The Bertz CT molecular complexity index is 496. The molecular formula is C17H21NO2. The molecule has 3 heteroatoms. The number of nitrogens with one attached hydrogen (secondary N) is 1. The molecule has 0 amide bonds. The minimum absolute atomic E-state index is 0.385. The summed E-state index contributed by atoms with van der Waals surface area (Å²) in [6.45, 7) is 2.91. The van der Waals surface area contributed by atoms with Crippen LogP contribution in [0.4, 0.5) is 5.69 Å². The van der Waals surface area contributed by atoms with Gasteiger partial charge in [-0.25, -0.2) is 0 Å². The lowest BCUT2D eigenvalue weighted by atomic mass is 10.2. The normalized spacial score (nSPS) is 11.9. The van der Waals surface area contributed by atoms with Crippen LogP contribution in [0.25, 0.3) is 0 Å². The van der Waals surface area contributed by atoms with Crippen LogP contribution < -0.4 is 10.1 Å². The molecule has 106 valence electrons. The lowest BCUT2D eigenvalue weighted by Gasteiger charge is -2.15. The number of hydrogen-bond acceptors (Lipinski definition) is 3. The van der Waals surface area contributed by atoms with Gasteiger partial charge in [0.25, 0.3) is 0 Å². The van der Waals surface area contributed by atoms with Gasteiger partial charge in [-0.3, -0.25) is 0 Å². The summed E-state index contributed by atoms with van der Waals surface area (Å²) in [6, 6.07) is 18.2. The third-order valence-corrected chi connectivity index (χ3v) is 3.00. The van der Waals surface area contributed by atoms with Gasteiger partial charge >= 0.3 is 0 Å². The van der Waals surface area contributed by atoms with Crippen molar-refractivity contribution in [1.82, 2.24) is 0 Å². The Kier molecular flexibility index (Phi) is 5.44. The third-order valence-electron chi connectivity index (χ3n) is 3.00. The Labute approximate surface area is 120 Å². The second-order valence-corrected chi connectivity index (χ2v) is 4.77. The number of para-hydroxylation sites is 1. The van der Waals surface area contributed by atoms with Crippen molar-refractivity contribution in [2.24, 2.45) is 0 Å². The van der Waals surface area contributed by atoms with E-state index in [1.54, 1.807) is 7.11 Å². The molecule has 2 rings (SSSR count). The van der Waals surface area contributed by atoms with E-state index in [-0.39, 0.29) is 0 Å². The zero-order valence-corrected chi connectivity index (χ0v) is 12.0. The summed E-state index contributed by atoms with van der Waals surface area (Å²) in [5, 5.41) is 3.43. The van der Waals surface area contributed by atoms with Crippen molar-refractivity contribution in [2.45, 2.75) is 19.4 Å². The van der Waals surface area contributed by atoms with Crippen LogP contribution in [0.2, 0.25) is 0 Å². The Morgan fingerprint density at radius 1 is 0.950 bits per heavy atom. The van der Waals surface area contributed by atoms with Crippen molar-refractivity contribution >= 4 is 5.69 Å². The first-order chi connectivity index (χ1) is 9.78. The first kappa shape index (κ1) is 14.4. The van der Waals surface area contributed by atoms with Gasteiger partial charge in [-0.15, -0.1) is 0 Å². The van der Waals surface area contributed by atoms with Gasteiger partial charge in [-0.2, -0.15) is 0 Å². The molecule has 3 nitrogen and oxygen atoms in total. The molecule has 20 heavy (non-hydrogen) atoms. The monoisotopic (exact) mass is 271 g/mol. The molecule has 0 heterocycles. The maximum absolute atomic E-state index is 5.76. The number of benzene rings is 2. The molecule has 0 aliphatic rings. The minimum Gasteiger partial charge on any atom is -0.457 e. The number of rotatable bonds is 7. The summed E-state index contributed by atoms with van der Waals surface area (Å²) in [5.41, 5.74) is 1.09. The lowest BCUT2D eigenvalue weighted by Crippen LogP contribution is -2.16. The van der Waals surface area contributed by atoms with E-state index in [1.807, 2.05) is 54.6 Å². The molecule has 0 bridgehead atoms. The molecule has 0 fully saturated rings. The summed E-state index contributed by atoms with van der Waals surface area (Å²) < 4.78 is 10.8. The first-order valence-electron chi connectivity index (χ1n) is 6.86. The highest BCUT2D eigenvalue weighted by Crippen LogP contribution is 2.22. The van der Waals surface area contributed by atoms with Gasteiger partial charge in [-0.05, 0) is 49.7 Å². The van der Waals surface area contributed by atoms with Crippen LogP contribution in [0.5, 0.6) is 11.5 Å². The van der Waals surface area contributed by atoms with Crippen molar-refractivity contribution in [3.63, 3.8) is 0 Å². The Hall–Kier alpha value is -2.00. The van der Waals surface area contributed by atoms with Crippen LogP contribution >= 0.6 is 0 Å². The average Bonchev–Trinajstić information content (AvgIpc) is 2.48. The summed E-state index contributed by atoms with van der Waals surface area (Å²) >= 11 is 0. The Balaban J connectivity index is 1.89. The topological polar surface area (TPSA) is 30.5 Å². The highest BCUT2D eigenvalue weighted by molar-refractivity contribution is 5.47. The molecule has 0 aromatic heterocycles. The van der Waals surface area contributed by atoms with E-state index < -0.39 is 0 Å². The van der Waals surface area contributed by atoms with Crippen LogP contribution in [0.1, 0.15) is 13.3 Å². The number of methoxy groups -OCH3 is 1. The van der Waals surface area contributed by atoms with E-state index in [1.165, 1.54) is 0 Å². The molecule has 2 aromatic carbocycles. The molecule has 0 saturated heterocycles. The van der Waals surface area contributed by atoms with Crippen molar-refractivity contribution in [2.75, 3.05) is 19.0 Å². The molecular weight excluding hydrogens is 250 g/mol. The smallest absolute Gasteiger partial charge is 0.127 e. The van der Waals surface area contributed by atoms with Crippen LogP contribution in [0.15, 0.2) is 54.6 Å². The molecule has 0 aliphatic heterocycles. The highest BCUT2D eigenvalue weighted by Gasteiger charge is 2.02. The molecule has 1 N–H and O–H groups in total. The number of hydrogen-bond donors (Lipinski definition) is 1. The zero-order valence-electron chi connectivity index (χ0n) is 12.0. The standard InChI is InChI=1S/C17H21NO2/c1-14(12-13-19-2)18-15-8-10-17(11-9-15)20-16-6-4-3-5-7-16/h3-11,14,18H,12-13H2,1-2H3. The Morgan fingerprint density at radius 2 is 1.60 bits per heavy atom. The summed E-state index contributed by atoms with van der Waals surface area (Å²) in [7, 11) is 1.72. The number of ether oxygens (including phenoxy) is 2. The Morgan fingerprint density at radius 3 is 2.25 bits per heavy atom. The summed E-state index contributed by atoms with van der Waals surface area (Å²) in [4.78, 5) is 0.